The smallest absolute Gasteiger partial charge is 0.328 e. The number of likely N-dealkylation sites (N-methyl/N-ethyl adjacent to an activating group) is 1. The number of hydrogen-bond donors (Lipinski definition) is 1. The Balaban J connectivity index is 2.26. The van der Waals surface area contributed by atoms with Crippen molar-refractivity contribution in [2.45, 2.75) is 6.04 Å². The molecule has 0 saturated carbocycles. The largest absolute Gasteiger partial charge is 0.480 e. The number of carboxylic acid groups (broad SMARTS) is 1. The second-order valence-corrected chi connectivity index (χ2v) is 4.27. The first kappa shape index (κ1) is 11.7. The molecule has 1 N–H and O–H groups in total. The lowest BCUT2D eigenvalue weighted by Gasteiger charge is -2.15. The van der Waals surface area contributed by atoms with E-state index in [1.165, 1.54) is 16.8 Å². The highest BCUT2D eigenvalue weighted by Gasteiger charge is 2.39. The van der Waals surface area contributed by atoms with E-state index in [9.17, 15) is 9.59 Å². The van der Waals surface area contributed by atoms with Gasteiger partial charge in [-0.15, -0.1) is 0 Å². The average Bonchev–Trinajstić information content (AvgIpc) is 2.58. The molecule has 0 spiro atoms. The summed E-state index contributed by atoms with van der Waals surface area (Å²) in [7, 11) is 1.48. The summed E-state index contributed by atoms with van der Waals surface area (Å²) in [4.78, 5) is 25.5. The number of benzene rings is 1. The van der Waals surface area contributed by atoms with Crippen molar-refractivity contribution in [3.63, 3.8) is 0 Å². The predicted molar refractivity (Wildman–Crippen MR) is 63.4 cm³/mol. The van der Waals surface area contributed by atoms with Gasteiger partial charge < -0.3 is 10.0 Å². The number of rotatable bonds is 2. The molecule has 1 aromatic carbocycles. The minimum atomic E-state index is -1.00. The topological polar surface area (TPSA) is 60.9 Å². The van der Waals surface area contributed by atoms with Crippen LogP contribution in [-0.2, 0) is 4.79 Å². The quantitative estimate of drug-likeness (QED) is 0.873. The third-order valence-electron chi connectivity index (χ3n) is 2.78. The van der Waals surface area contributed by atoms with E-state index >= 15 is 0 Å². The van der Waals surface area contributed by atoms with Crippen molar-refractivity contribution in [2.24, 2.45) is 0 Å². The Labute approximate surface area is 103 Å². The number of anilines is 1. The van der Waals surface area contributed by atoms with Crippen LogP contribution < -0.4 is 4.90 Å². The van der Waals surface area contributed by atoms with Gasteiger partial charge in [0, 0.05) is 17.8 Å². The van der Waals surface area contributed by atoms with E-state index < -0.39 is 12.0 Å². The number of carbonyl (C=O) groups excluding carboxylic acids is 1. The van der Waals surface area contributed by atoms with E-state index in [-0.39, 0.29) is 12.6 Å². The Bertz CT molecular complexity index is 460. The fourth-order valence-electron chi connectivity index (χ4n) is 1.78. The summed E-state index contributed by atoms with van der Waals surface area (Å²) in [6.07, 6.45) is 0. The van der Waals surface area contributed by atoms with Gasteiger partial charge in [-0.05, 0) is 24.3 Å². The third kappa shape index (κ3) is 2.06. The van der Waals surface area contributed by atoms with Gasteiger partial charge in [0.25, 0.3) is 0 Å². The second-order valence-electron chi connectivity index (χ2n) is 3.83. The molecule has 0 bridgehead atoms. The Morgan fingerprint density at radius 2 is 2.00 bits per heavy atom. The first-order chi connectivity index (χ1) is 8.00. The lowest BCUT2D eigenvalue weighted by Crippen LogP contribution is -2.36. The second kappa shape index (κ2) is 4.25. The molecule has 1 aliphatic rings. The summed E-state index contributed by atoms with van der Waals surface area (Å²) in [5.41, 5.74) is 0.648. The van der Waals surface area contributed by atoms with Crippen LogP contribution >= 0.6 is 11.6 Å². The Morgan fingerprint density at radius 1 is 1.41 bits per heavy atom. The first-order valence-corrected chi connectivity index (χ1v) is 5.41. The zero-order valence-corrected chi connectivity index (χ0v) is 9.89. The summed E-state index contributed by atoms with van der Waals surface area (Å²) in [6.45, 7) is 0.145. The van der Waals surface area contributed by atoms with Gasteiger partial charge in [-0.25, -0.2) is 9.59 Å². The van der Waals surface area contributed by atoms with E-state index in [0.29, 0.717) is 10.7 Å². The predicted octanol–water partition coefficient (Wildman–Crippen LogP) is 1.66. The van der Waals surface area contributed by atoms with Crippen LogP contribution in [0.4, 0.5) is 10.5 Å². The van der Waals surface area contributed by atoms with Crippen molar-refractivity contribution in [1.82, 2.24) is 4.90 Å². The van der Waals surface area contributed by atoms with Crippen molar-refractivity contribution in [3.8, 4) is 0 Å². The average molecular weight is 255 g/mol. The molecule has 17 heavy (non-hydrogen) atoms. The third-order valence-corrected chi connectivity index (χ3v) is 3.03. The van der Waals surface area contributed by atoms with Gasteiger partial charge in [0.1, 0.15) is 6.04 Å². The molecule has 2 amide bonds. The first-order valence-electron chi connectivity index (χ1n) is 5.03. The number of nitrogens with zero attached hydrogens (tertiary/aromatic N) is 2. The maximum Gasteiger partial charge on any atom is 0.328 e. The van der Waals surface area contributed by atoms with E-state index in [4.69, 9.17) is 16.7 Å². The van der Waals surface area contributed by atoms with E-state index in [0.717, 1.165) is 0 Å². The van der Waals surface area contributed by atoms with Crippen LogP contribution in [0, 0.1) is 0 Å². The number of halogens is 1. The molecule has 1 aliphatic heterocycles. The lowest BCUT2D eigenvalue weighted by atomic mass is 10.2. The molecule has 1 unspecified atom stereocenters. The van der Waals surface area contributed by atoms with E-state index in [1.54, 1.807) is 24.3 Å². The molecular formula is C11H11ClN2O3. The van der Waals surface area contributed by atoms with Crippen LogP contribution in [0.3, 0.4) is 0 Å². The van der Waals surface area contributed by atoms with Gasteiger partial charge in [0.2, 0.25) is 0 Å². The molecule has 1 heterocycles. The lowest BCUT2D eigenvalue weighted by molar-refractivity contribution is -0.140. The van der Waals surface area contributed by atoms with Crippen molar-refractivity contribution in [1.29, 1.82) is 0 Å². The molecule has 1 fully saturated rings. The van der Waals surface area contributed by atoms with Crippen LogP contribution in [0.2, 0.25) is 5.02 Å². The summed E-state index contributed by atoms with van der Waals surface area (Å²) < 4.78 is 0. The summed E-state index contributed by atoms with van der Waals surface area (Å²) in [5.74, 6) is -1.00. The maximum atomic E-state index is 11.9. The molecule has 0 aliphatic carbocycles. The van der Waals surface area contributed by atoms with E-state index in [1.807, 2.05) is 0 Å². The molecule has 0 aromatic heterocycles. The molecule has 1 atom stereocenters. The highest BCUT2D eigenvalue weighted by Crippen LogP contribution is 2.24. The number of hydrogen-bond acceptors (Lipinski definition) is 2. The van der Waals surface area contributed by atoms with Crippen molar-refractivity contribution in [3.05, 3.63) is 29.3 Å². The summed E-state index contributed by atoms with van der Waals surface area (Å²) >= 11 is 5.75. The van der Waals surface area contributed by atoms with Crippen LogP contribution in [0.25, 0.3) is 0 Å². The fraction of sp³-hybridized carbons (Fsp3) is 0.273. The van der Waals surface area contributed by atoms with E-state index in [2.05, 4.69) is 0 Å². The highest BCUT2D eigenvalue weighted by atomic mass is 35.5. The van der Waals surface area contributed by atoms with Gasteiger partial charge in [0.15, 0.2) is 0 Å². The van der Waals surface area contributed by atoms with Crippen LogP contribution in [0.15, 0.2) is 24.3 Å². The number of carboxylic acids is 1. The molecule has 6 heteroatoms. The van der Waals surface area contributed by atoms with Gasteiger partial charge in [-0.3, -0.25) is 4.90 Å². The summed E-state index contributed by atoms with van der Waals surface area (Å²) in [6, 6.07) is 5.59. The Hall–Kier alpha value is -1.75. The molecular weight excluding hydrogens is 244 g/mol. The SMILES string of the molecule is CN1C(=O)N(c2ccc(Cl)cc2)CC1C(=O)O. The zero-order chi connectivity index (χ0) is 12.6. The standard InChI is InChI=1S/C11H11ClN2O3/c1-13-9(10(15)16)6-14(11(13)17)8-4-2-7(12)3-5-8/h2-5,9H,6H2,1H3,(H,15,16). The zero-order valence-electron chi connectivity index (χ0n) is 9.13. The molecule has 0 radical (unpaired) electrons. The molecule has 2 rings (SSSR count). The minimum Gasteiger partial charge on any atom is -0.480 e. The molecule has 90 valence electrons. The fourth-order valence-corrected chi connectivity index (χ4v) is 1.90. The van der Waals surface area contributed by atoms with Crippen molar-refractivity contribution < 1.29 is 14.7 Å². The number of urea groups is 1. The highest BCUT2D eigenvalue weighted by molar-refractivity contribution is 6.30. The Kier molecular flexibility index (Phi) is 2.93. The van der Waals surface area contributed by atoms with Gasteiger partial charge in [-0.2, -0.15) is 0 Å². The maximum absolute atomic E-state index is 11.9. The number of carbonyl (C=O) groups is 2. The Morgan fingerprint density at radius 3 is 2.47 bits per heavy atom. The molecule has 5 nitrogen and oxygen atoms in total. The van der Waals surface area contributed by atoms with Crippen molar-refractivity contribution >= 4 is 29.3 Å². The molecule has 1 aromatic rings. The van der Waals surface area contributed by atoms with Crippen LogP contribution in [0.5, 0.6) is 0 Å². The van der Waals surface area contributed by atoms with Crippen LogP contribution in [-0.4, -0.2) is 41.6 Å². The van der Waals surface area contributed by atoms with Crippen LogP contribution in [0.1, 0.15) is 0 Å². The normalized spacial score (nSPS) is 19.9. The monoisotopic (exact) mass is 254 g/mol. The van der Waals surface area contributed by atoms with Gasteiger partial charge in [-0.1, -0.05) is 11.6 Å². The van der Waals surface area contributed by atoms with Gasteiger partial charge in [0.05, 0.1) is 6.54 Å². The molecule has 1 saturated heterocycles. The van der Waals surface area contributed by atoms with Gasteiger partial charge >= 0.3 is 12.0 Å². The minimum absolute atomic E-state index is 0.145. The number of aliphatic carboxylic acids is 1. The van der Waals surface area contributed by atoms with Crippen molar-refractivity contribution in [2.75, 3.05) is 18.5 Å². The number of amides is 2. The summed E-state index contributed by atoms with van der Waals surface area (Å²) in [5, 5.41) is 9.54.